The molecule has 31 heavy (non-hydrogen) atoms. The first kappa shape index (κ1) is 20.4. The van der Waals surface area contributed by atoms with E-state index in [1.165, 1.54) is 6.21 Å². The van der Waals surface area contributed by atoms with Crippen molar-refractivity contribution < 1.29 is 4.74 Å². The summed E-state index contributed by atoms with van der Waals surface area (Å²) in [7, 11) is 3.70. The minimum atomic E-state index is 0.572. The third-order valence-corrected chi connectivity index (χ3v) is 5.15. The van der Waals surface area contributed by atoms with Crippen molar-refractivity contribution in [2.24, 2.45) is 0 Å². The Morgan fingerprint density at radius 3 is 2.77 bits per heavy atom. The number of nitrogen functional groups attached to an aromatic ring is 1. The zero-order valence-corrected chi connectivity index (χ0v) is 17.5. The van der Waals surface area contributed by atoms with Gasteiger partial charge < -0.3 is 30.5 Å². The van der Waals surface area contributed by atoms with Gasteiger partial charge in [0.15, 0.2) is 5.65 Å². The Morgan fingerprint density at radius 1 is 1.19 bits per heavy atom. The summed E-state index contributed by atoms with van der Waals surface area (Å²) in [5, 5.41) is 10.8. The molecule has 0 saturated carbocycles. The first-order chi connectivity index (χ1) is 15.1. The molecular weight excluding hydrogens is 390 g/mol. The van der Waals surface area contributed by atoms with E-state index in [4.69, 9.17) is 15.9 Å². The number of anilines is 4. The Kier molecular flexibility index (Phi) is 5.81. The molecule has 0 aliphatic heterocycles. The number of nitrogens with zero attached hydrogens (tertiary/aromatic N) is 4. The highest BCUT2D eigenvalue weighted by atomic mass is 16.5. The van der Waals surface area contributed by atoms with Crippen LogP contribution in [0.25, 0.3) is 16.8 Å². The number of hydrogen-bond donors (Lipinski definition) is 3. The van der Waals surface area contributed by atoms with Crippen LogP contribution in [0.3, 0.4) is 0 Å². The van der Waals surface area contributed by atoms with E-state index in [0.29, 0.717) is 17.9 Å². The third-order valence-electron chi connectivity index (χ3n) is 5.15. The molecule has 0 amide bonds. The van der Waals surface area contributed by atoms with E-state index in [2.05, 4.69) is 20.2 Å². The monoisotopic (exact) mass is 415 g/mol. The lowest BCUT2D eigenvalue weighted by Crippen LogP contribution is -2.22. The number of likely N-dealkylation sites (N-methyl/N-ethyl adjacent to an activating group) is 1. The smallest absolute Gasteiger partial charge is 0.160 e. The van der Waals surface area contributed by atoms with E-state index in [-0.39, 0.29) is 0 Å². The minimum absolute atomic E-state index is 0.572. The molecule has 8 nitrogen and oxygen atoms in total. The van der Waals surface area contributed by atoms with Crippen LogP contribution in [0.2, 0.25) is 0 Å². The normalized spacial score (nSPS) is 10.9. The maximum atomic E-state index is 7.44. The van der Waals surface area contributed by atoms with Crippen molar-refractivity contribution in [3.8, 4) is 11.1 Å². The van der Waals surface area contributed by atoms with Gasteiger partial charge in [-0.2, -0.15) is 0 Å². The number of pyridine rings is 2. The first-order valence-electron chi connectivity index (χ1n) is 9.89. The Labute approximate surface area is 180 Å². The molecule has 8 heteroatoms. The van der Waals surface area contributed by atoms with Gasteiger partial charge in [-0.25, -0.2) is 9.97 Å². The lowest BCUT2D eigenvalue weighted by atomic mass is 10.0. The number of rotatable bonds is 8. The van der Waals surface area contributed by atoms with Crippen LogP contribution in [0.1, 0.15) is 5.56 Å². The van der Waals surface area contributed by atoms with Gasteiger partial charge in [0, 0.05) is 62.3 Å². The highest BCUT2D eigenvalue weighted by Gasteiger charge is 2.10. The van der Waals surface area contributed by atoms with Gasteiger partial charge in [0.25, 0.3) is 0 Å². The van der Waals surface area contributed by atoms with Crippen LogP contribution in [-0.4, -0.2) is 47.9 Å². The summed E-state index contributed by atoms with van der Waals surface area (Å²) in [5.41, 5.74) is 12.0. The van der Waals surface area contributed by atoms with Gasteiger partial charge in [0.2, 0.25) is 0 Å². The molecule has 3 heterocycles. The second-order valence-electron chi connectivity index (χ2n) is 7.23. The molecule has 0 saturated heterocycles. The number of benzene rings is 1. The number of hydrogen-bond acceptors (Lipinski definition) is 7. The summed E-state index contributed by atoms with van der Waals surface area (Å²) in [6.45, 7) is 1.45. The molecule has 0 spiro atoms. The number of fused-ring (bicyclic) bond motifs is 1. The van der Waals surface area contributed by atoms with Gasteiger partial charge in [-0.15, -0.1) is 0 Å². The van der Waals surface area contributed by atoms with Crippen LogP contribution in [0, 0.1) is 5.41 Å². The molecule has 0 aliphatic carbocycles. The SMILES string of the molecule is COCCN(C)c1ccc(Nc2cc(-c3ccc(C=N)c(N)c3)cn3ccnc23)nc1. The Hall–Kier alpha value is -3.91. The third kappa shape index (κ3) is 4.34. The van der Waals surface area contributed by atoms with Crippen molar-refractivity contribution in [3.05, 3.63) is 66.7 Å². The van der Waals surface area contributed by atoms with Crippen LogP contribution >= 0.6 is 0 Å². The minimum Gasteiger partial charge on any atom is -0.398 e. The lowest BCUT2D eigenvalue weighted by molar-refractivity contribution is 0.206. The average Bonchev–Trinajstić information content (AvgIpc) is 3.27. The maximum absolute atomic E-state index is 7.44. The second-order valence-corrected chi connectivity index (χ2v) is 7.23. The van der Waals surface area contributed by atoms with Crippen molar-refractivity contribution in [2.75, 3.05) is 43.3 Å². The summed E-state index contributed by atoms with van der Waals surface area (Å²) in [6, 6.07) is 11.7. The highest BCUT2D eigenvalue weighted by Crippen LogP contribution is 2.29. The number of ether oxygens (including phenoxy) is 1. The largest absolute Gasteiger partial charge is 0.398 e. The zero-order valence-electron chi connectivity index (χ0n) is 17.5. The fraction of sp³-hybridized carbons (Fsp3) is 0.174. The average molecular weight is 416 g/mol. The predicted octanol–water partition coefficient (Wildman–Crippen LogP) is 3.80. The highest BCUT2D eigenvalue weighted by molar-refractivity contribution is 5.88. The second kappa shape index (κ2) is 8.85. The number of imidazole rings is 1. The molecule has 0 atom stereocenters. The molecule has 0 aliphatic rings. The zero-order chi connectivity index (χ0) is 21.8. The number of aromatic nitrogens is 3. The van der Waals surface area contributed by atoms with Crippen molar-refractivity contribution in [1.29, 1.82) is 5.41 Å². The molecule has 0 unspecified atom stereocenters. The van der Waals surface area contributed by atoms with Gasteiger partial charge in [-0.3, -0.25) is 0 Å². The standard InChI is InChI=1S/C23H25N7O/c1-29(9-10-31-2)19-5-6-22(27-14-19)28-21-12-18(15-30-8-7-26-23(21)30)16-3-4-17(13-24)20(25)11-16/h3-8,11-15,24H,9-10,25H2,1-2H3,(H,27,28). The molecule has 0 radical (unpaired) electrons. The van der Waals surface area contributed by atoms with E-state index in [1.807, 2.05) is 66.4 Å². The van der Waals surface area contributed by atoms with E-state index < -0.39 is 0 Å². The van der Waals surface area contributed by atoms with Crippen molar-refractivity contribution in [1.82, 2.24) is 14.4 Å². The van der Waals surface area contributed by atoms with Crippen LogP contribution in [-0.2, 0) is 4.74 Å². The number of nitrogens with one attached hydrogen (secondary N) is 2. The van der Waals surface area contributed by atoms with Crippen LogP contribution < -0.4 is 16.0 Å². The van der Waals surface area contributed by atoms with E-state index in [1.54, 1.807) is 13.3 Å². The quantitative estimate of drug-likeness (QED) is 0.299. The molecule has 4 N–H and O–H groups in total. The Morgan fingerprint density at radius 2 is 2.06 bits per heavy atom. The Balaban J connectivity index is 1.64. The van der Waals surface area contributed by atoms with Crippen molar-refractivity contribution in [2.45, 2.75) is 0 Å². The molecule has 158 valence electrons. The molecular formula is C23H25N7O. The fourth-order valence-corrected chi connectivity index (χ4v) is 3.35. The molecule has 4 aromatic rings. The summed E-state index contributed by atoms with van der Waals surface area (Å²) < 4.78 is 7.10. The Bertz CT molecular complexity index is 1200. The molecule has 4 rings (SSSR count). The molecule has 1 aromatic carbocycles. The lowest BCUT2D eigenvalue weighted by Gasteiger charge is -2.18. The van der Waals surface area contributed by atoms with Gasteiger partial charge in [0.05, 0.1) is 24.2 Å². The van der Waals surface area contributed by atoms with E-state index >= 15 is 0 Å². The fourth-order valence-electron chi connectivity index (χ4n) is 3.35. The molecule has 0 bridgehead atoms. The maximum Gasteiger partial charge on any atom is 0.160 e. The summed E-state index contributed by atoms with van der Waals surface area (Å²) in [4.78, 5) is 11.1. The van der Waals surface area contributed by atoms with Crippen molar-refractivity contribution >= 4 is 34.7 Å². The van der Waals surface area contributed by atoms with Crippen molar-refractivity contribution in [3.63, 3.8) is 0 Å². The molecule has 3 aromatic heterocycles. The molecule has 0 fully saturated rings. The van der Waals surface area contributed by atoms with E-state index in [9.17, 15) is 0 Å². The van der Waals surface area contributed by atoms with E-state index in [0.717, 1.165) is 40.5 Å². The van der Waals surface area contributed by atoms with Crippen LogP contribution in [0.15, 0.2) is 61.2 Å². The van der Waals surface area contributed by atoms with Gasteiger partial charge in [-0.1, -0.05) is 12.1 Å². The van der Waals surface area contributed by atoms with Gasteiger partial charge in [-0.05, 0) is 29.8 Å². The predicted molar refractivity (Wildman–Crippen MR) is 126 cm³/mol. The number of methoxy groups -OCH3 is 1. The summed E-state index contributed by atoms with van der Waals surface area (Å²) >= 11 is 0. The first-order valence-corrected chi connectivity index (χ1v) is 9.89. The topological polar surface area (TPSA) is 105 Å². The van der Waals surface area contributed by atoms with Gasteiger partial charge >= 0.3 is 0 Å². The van der Waals surface area contributed by atoms with Crippen LogP contribution in [0.5, 0.6) is 0 Å². The van der Waals surface area contributed by atoms with Crippen LogP contribution in [0.4, 0.5) is 22.9 Å². The van der Waals surface area contributed by atoms with Gasteiger partial charge in [0.1, 0.15) is 5.82 Å². The summed E-state index contributed by atoms with van der Waals surface area (Å²) in [6.07, 6.45) is 8.76. The number of nitrogens with two attached hydrogens (primary N) is 1. The summed E-state index contributed by atoms with van der Waals surface area (Å²) in [5.74, 6) is 0.726.